The molecular weight excluding hydrogens is 276 g/mol. The molecule has 7 heteroatoms. The van der Waals surface area contributed by atoms with Crippen LogP contribution in [0.2, 0.25) is 0 Å². The summed E-state index contributed by atoms with van der Waals surface area (Å²) < 4.78 is 5.26. The quantitative estimate of drug-likeness (QED) is 0.686. The molecule has 1 aromatic heterocycles. The molecule has 2 aromatic rings. The normalized spacial score (nSPS) is 11.4. The molecule has 0 aliphatic carbocycles. The van der Waals surface area contributed by atoms with Crippen LogP contribution in [-0.2, 0) is 5.41 Å². The average molecular weight is 290 g/mol. The minimum atomic E-state index is -1.25. The number of oxazole rings is 1. The third kappa shape index (κ3) is 2.76. The standard InChI is InChI=1S/C14H14N2O5/c1-14(2,3)11-10(13(17)18)21-12(15-11)8-6-4-5-7-9(8)16(19)20/h4-7H,1-3H3,(H,17,18). The number of carboxylic acid groups (broad SMARTS) is 1. The molecule has 1 heterocycles. The number of rotatable bonds is 3. The summed E-state index contributed by atoms with van der Waals surface area (Å²) in [6, 6.07) is 5.91. The van der Waals surface area contributed by atoms with E-state index in [2.05, 4.69) is 4.98 Å². The summed E-state index contributed by atoms with van der Waals surface area (Å²) in [5, 5.41) is 20.2. The van der Waals surface area contributed by atoms with Crippen LogP contribution >= 0.6 is 0 Å². The molecular formula is C14H14N2O5. The van der Waals surface area contributed by atoms with Gasteiger partial charge in [0, 0.05) is 11.5 Å². The van der Waals surface area contributed by atoms with Crippen molar-refractivity contribution >= 4 is 11.7 Å². The third-order valence-electron chi connectivity index (χ3n) is 2.86. The van der Waals surface area contributed by atoms with Crippen molar-refractivity contribution in [2.24, 2.45) is 0 Å². The van der Waals surface area contributed by atoms with Gasteiger partial charge in [0.25, 0.3) is 5.69 Å². The van der Waals surface area contributed by atoms with Gasteiger partial charge in [0.1, 0.15) is 11.3 Å². The van der Waals surface area contributed by atoms with Crippen LogP contribution < -0.4 is 0 Å². The molecule has 0 amide bonds. The number of hydrogen-bond donors (Lipinski definition) is 1. The summed E-state index contributed by atoms with van der Waals surface area (Å²) in [5.74, 6) is -1.61. The Kier molecular flexibility index (Phi) is 3.51. The number of nitro groups is 1. The van der Waals surface area contributed by atoms with Crippen LogP contribution in [0.25, 0.3) is 11.5 Å². The molecule has 0 radical (unpaired) electrons. The fourth-order valence-electron chi connectivity index (χ4n) is 1.90. The topological polar surface area (TPSA) is 106 Å². The van der Waals surface area contributed by atoms with E-state index in [9.17, 15) is 20.0 Å². The minimum absolute atomic E-state index is 0.0652. The predicted octanol–water partition coefficient (Wildman–Crippen LogP) is 3.25. The van der Waals surface area contributed by atoms with E-state index in [4.69, 9.17) is 4.42 Å². The number of nitro benzene ring substituents is 1. The molecule has 1 N–H and O–H groups in total. The maximum Gasteiger partial charge on any atom is 0.373 e. The first-order valence-corrected chi connectivity index (χ1v) is 6.20. The molecule has 0 saturated heterocycles. The second-order valence-electron chi connectivity index (χ2n) is 5.53. The van der Waals surface area contributed by atoms with Crippen LogP contribution in [-0.4, -0.2) is 21.0 Å². The van der Waals surface area contributed by atoms with Crippen molar-refractivity contribution in [1.82, 2.24) is 4.98 Å². The molecule has 1 aromatic carbocycles. The van der Waals surface area contributed by atoms with Gasteiger partial charge < -0.3 is 9.52 Å². The first-order chi connectivity index (χ1) is 9.71. The first kappa shape index (κ1) is 14.7. The Morgan fingerprint density at radius 1 is 1.33 bits per heavy atom. The van der Waals surface area contributed by atoms with Crippen molar-refractivity contribution in [2.75, 3.05) is 0 Å². The molecule has 2 rings (SSSR count). The molecule has 0 spiro atoms. The second-order valence-corrected chi connectivity index (χ2v) is 5.53. The van der Waals surface area contributed by atoms with E-state index in [0.29, 0.717) is 0 Å². The van der Waals surface area contributed by atoms with Gasteiger partial charge in [-0.2, -0.15) is 0 Å². The highest BCUT2D eigenvalue weighted by molar-refractivity contribution is 5.87. The van der Waals surface area contributed by atoms with Crippen molar-refractivity contribution in [2.45, 2.75) is 26.2 Å². The molecule has 0 aliphatic rings. The second kappa shape index (κ2) is 5.01. The van der Waals surface area contributed by atoms with Crippen molar-refractivity contribution < 1.29 is 19.2 Å². The molecule has 110 valence electrons. The number of carboxylic acids is 1. The van der Waals surface area contributed by atoms with Crippen molar-refractivity contribution in [3.63, 3.8) is 0 Å². The van der Waals surface area contributed by atoms with Gasteiger partial charge in [-0.1, -0.05) is 32.9 Å². The maximum absolute atomic E-state index is 11.3. The molecule has 0 fully saturated rings. The van der Waals surface area contributed by atoms with E-state index >= 15 is 0 Å². The number of carbonyl (C=O) groups is 1. The lowest BCUT2D eigenvalue weighted by Gasteiger charge is -2.14. The zero-order valence-electron chi connectivity index (χ0n) is 11.8. The van der Waals surface area contributed by atoms with E-state index in [-0.39, 0.29) is 28.6 Å². The van der Waals surface area contributed by atoms with Crippen molar-refractivity contribution in [3.05, 3.63) is 45.8 Å². The van der Waals surface area contributed by atoms with E-state index in [1.54, 1.807) is 26.8 Å². The fourth-order valence-corrected chi connectivity index (χ4v) is 1.90. The number of para-hydroxylation sites is 1. The number of nitrogens with zero attached hydrogens (tertiary/aromatic N) is 2. The summed E-state index contributed by atoms with van der Waals surface area (Å²) in [5.41, 5.74) is -0.334. The molecule has 0 atom stereocenters. The van der Waals surface area contributed by atoms with Crippen LogP contribution in [0.15, 0.2) is 28.7 Å². The number of hydrogen-bond acceptors (Lipinski definition) is 5. The van der Waals surface area contributed by atoms with Crippen LogP contribution in [0.5, 0.6) is 0 Å². The minimum Gasteiger partial charge on any atom is -0.475 e. The molecule has 21 heavy (non-hydrogen) atoms. The summed E-state index contributed by atoms with van der Waals surface area (Å²) in [4.78, 5) is 25.9. The summed E-state index contributed by atoms with van der Waals surface area (Å²) in [6.45, 7) is 5.38. The van der Waals surface area contributed by atoms with Gasteiger partial charge in [-0.25, -0.2) is 9.78 Å². The van der Waals surface area contributed by atoms with E-state index in [1.807, 2.05) is 0 Å². The van der Waals surface area contributed by atoms with Gasteiger partial charge in [-0.15, -0.1) is 0 Å². The molecule has 0 aliphatic heterocycles. The predicted molar refractivity (Wildman–Crippen MR) is 74.3 cm³/mol. The smallest absolute Gasteiger partial charge is 0.373 e. The summed E-state index contributed by atoms with van der Waals surface area (Å²) >= 11 is 0. The Bertz CT molecular complexity index is 712. The van der Waals surface area contributed by atoms with Crippen molar-refractivity contribution in [3.8, 4) is 11.5 Å². The van der Waals surface area contributed by atoms with Crippen LogP contribution in [0.1, 0.15) is 37.0 Å². The van der Waals surface area contributed by atoms with E-state index in [1.165, 1.54) is 18.2 Å². The Hall–Kier alpha value is -2.70. The van der Waals surface area contributed by atoms with E-state index in [0.717, 1.165) is 0 Å². The Morgan fingerprint density at radius 2 is 1.95 bits per heavy atom. The fraction of sp³-hybridized carbons (Fsp3) is 0.286. The summed E-state index contributed by atoms with van der Waals surface area (Å²) in [7, 11) is 0. The van der Waals surface area contributed by atoms with Crippen molar-refractivity contribution in [1.29, 1.82) is 0 Å². The van der Waals surface area contributed by atoms with Gasteiger partial charge in [0.15, 0.2) is 0 Å². The van der Waals surface area contributed by atoms with E-state index < -0.39 is 16.3 Å². The molecule has 0 saturated carbocycles. The lowest BCUT2D eigenvalue weighted by molar-refractivity contribution is -0.384. The zero-order chi connectivity index (χ0) is 15.8. The Labute approximate surface area is 120 Å². The number of aromatic nitrogens is 1. The van der Waals surface area contributed by atoms with Gasteiger partial charge >= 0.3 is 5.97 Å². The third-order valence-corrected chi connectivity index (χ3v) is 2.86. The first-order valence-electron chi connectivity index (χ1n) is 6.20. The molecule has 0 bridgehead atoms. The van der Waals surface area contributed by atoms with Gasteiger partial charge in [-0.05, 0) is 6.07 Å². The highest BCUT2D eigenvalue weighted by atomic mass is 16.6. The average Bonchev–Trinajstić information content (AvgIpc) is 2.83. The van der Waals surface area contributed by atoms with Crippen LogP contribution in [0, 0.1) is 10.1 Å². The Morgan fingerprint density at radius 3 is 2.43 bits per heavy atom. The lowest BCUT2D eigenvalue weighted by atomic mass is 9.91. The Balaban J connectivity index is 2.67. The SMILES string of the molecule is CC(C)(C)c1nc(-c2ccccc2[N+](=O)[O-])oc1C(=O)O. The van der Waals surface area contributed by atoms with Gasteiger partial charge in [0.2, 0.25) is 11.7 Å². The van der Waals surface area contributed by atoms with Crippen LogP contribution in [0.3, 0.4) is 0 Å². The number of aromatic carboxylic acids is 1. The lowest BCUT2D eigenvalue weighted by Crippen LogP contribution is -2.16. The highest BCUT2D eigenvalue weighted by Gasteiger charge is 2.30. The monoisotopic (exact) mass is 290 g/mol. The van der Waals surface area contributed by atoms with Gasteiger partial charge in [-0.3, -0.25) is 10.1 Å². The molecule has 7 nitrogen and oxygen atoms in total. The maximum atomic E-state index is 11.3. The largest absolute Gasteiger partial charge is 0.475 e. The van der Waals surface area contributed by atoms with Crippen LogP contribution in [0.4, 0.5) is 5.69 Å². The number of benzene rings is 1. The zero-order valence-corrected chi connectivity index (χ0v) is 11.8. The molecule has 0 unspecified atom stereocenters. The highest BCUT2D eigenvalue weighted by Crippen LogP contribution is 2.34. The summed E-state index contributed by atoms with van der Waals surface area (Å²) in [6.07, 6.45) is 0. The van der Waals surface area contributed by atoms with Gasteiger partial charge in [0.05, 0.1) is 4.92 Å².